The molecule has 2 bridgehead atoms. The lowest BCUT2D eigenvalue weighted by molar-refractivity contribution is -0.160. The number of rotatable bonds is 4. The Bertz CT molecular complexity index is 1400. The van der Waals surface area contributed by atoms with Gasteiger partial charge in [0.2, 0.25) is 0 Å². The van der Waals surface area contributed by atoms with Gasteiger partial charge in [0, 0.05) is 42.2 Å². The quantitative estimate of drug-likeness (QED) is 0.617. The monoisotopic (exact) mass is 525 g/mol. The SMILES string of the molecule is Cc1cccc(C#CC(=O)N(C)[C@H]2CC[C@@]3(N(C)C)[C@H]4Cc5ccc(O)c6c5[C@@]3(CCN4CC3CC3)[C@H]2O6)c1. The number of likely N-dealkylation sites (tertiary alicyclic amines) is 1. The van der Waals surface area contributed by atoms with E-state index in [-0.39, 0.29) is 34.8 Å². The smallest absolute Gasteiger partial charge is 0.298 e. The lowest BCUT2D eigenvalue weighted by atomic mass is 9.46. The molecule has 3 aliphatic carbocycles. The topological polar surface area (TPSA) is 56.2 Å². The van der Waals surface area contributed by atoms with Crippen molar-refractivity contribution in [3.05, 3.63) is 58.7 Å². The number of phenolic OH excluding ortho intramolecular Hbond substituents is 1. The molecule has 0 radical (unpaired) electrons. The van der Waals surface area contributed by atoms with Crippen LogP contribution in [0.25, 0.3) is 0 Å². The summed E-state index contributed by atoms with van der Waals surface area (Å²) < 4.78 is 6.84. The number of nitrogens with zero attached hydrogens (tertiary/aromatic N) is 3. The second-order valence-electron chi connectivity index (χ2n) is 12.8. The first kappa shape index (κ1) is 25.0. The van der Waals surface area contributed by atoms with E-state index in [9.17, 15) is 9.90 Å². The van der Waals surface area contributed by atoms with E-state index in [0.717, 1.165) is 49.3 Å². The summed E-state index contributed by atoms with van der Waals surface area (Å²) in [6.07, 6.45) is 6.24. The molecule has 6 heteroatoms. The average Bonchev–Trinajstić information content (AvgIpc) is 3.67. The summed E-state index contributed by atoms with van der Waals surface area (Å²) in [5, 5.41) is 11.0. The normalized spacial score (nSPS) is 32.2. The summed E-state index contributed by atoms with van der Waals surface area (Å²) in [7, 11) is 6.36. The van der Waals surface area contributed by atoms with Crippen LogP contribution < -0.4 is 4.74 Å². The second-order valence-corrected chi connectivity index (χ2v) is 12.8. The van der Waals surface area contributed by atoms with Crippen LogP contribution in [0.3, 0.4) is 0 Å². The van der Waals surface area contributed by atoms with Crippen LogP contribution >= 0.6 is 0 Å². The summed E-state index contributed by atoms with van der Waals surface area (Å²) in [6, 6.07) is 12.1. The molecule has 1 N–H and O–H groups in total. The van der Waals surface area contributed by atoms with Crippen molar-refractivity contribution >= 4 is 5.91 Å². The van der Waals surface area contributed by atoms with Gasteiger partial charge in [0.25, 0.3) is 5.91 Å². The number of likely N-dealkylation sites (N-methyl/N-ethyl adjacent to an activating group) is 2. The second kappa shape index (κ2) is 8.74. The van der Waals surface area contributed by atoms with Crippen LogP contribution in [-0.2, 0) is 16.6 Å². The molecular formula is C33H39N3O3. The number of aryl methyl sites for hydroxylation is 1. The molecule has 2 heterocycles. The number of phenols is 1. The molecule has 3 fully saturated rings. The van der Waals surface area contributed by atoms with Gasteiger partial charge < -0.3 is 19.6 Å². The first-order chi connectivity index (χ1) is 18.8. The Kier molecular flexibility index (Phi) is 5.60. The van der Waals surface area contributed by atoms with Gasteiger partial charge in [-0.05, 0) is 101 Å². The maximum atomic E-state index is 13.5. The summed E-state index contributed by atoms with van der Waals surface area (Å²) in [5.74, 6) is 7.50. The van der Waals surface area contributed by atoms with Crippen molar-refractivity contribution in [3.8, 4) is 23.3 Å². The third-order valence-electron chi connectivity index (χ3n) is 10.7. The fourth-order valence-corrected chi connectivity index (χ4v) is 8.86. The number of piperidine rings is 1. The zero-order valence-corrected chi connectivity index (χ0v) is 23.5. The van der Waals surface area contributed by atoms with Crippen LogP contribution in [0.15, 0.2) is 36.4 Å². The van der Waals surface area contributed by atoms with Crippen molar-refractivity contribution in [2.24, 2.45) is 5.92 Å². The maximum absolute atomic E-state index is 13.5. The molecule has 39 heavy (non-hydrogen) atoms. The zero-order chi connectivity index (χ0) is 27.1. The third-order valence-corrected chi connectivity index (χ3v) is 10.7. The molecule has 6 nitrogen and oxygen atoms in total. The highest BCUT2D eigenvalue weighted by Gasteiger charge is 2.74. The highest BCUT2D eigenvalue weighted by molar-refractivity contribution is 5.94. The average molecular weight is 526 g/mol. The van der Waals surface area contributed by atoms with Crippen molar-refractivity contribution in [2.45, 2.75) is 74.6 Å². The minimum Gasteiger partial charge on any atom is -0.504 e. The molecule has 2 aromatic rings. The lowest BCUT2D eigenvalue weighted by Gasteiger charge is -2.69. The van der Waals surface area contributed by atoms with Crippen molar-refractivity contribution in [1.29, 1.82) is 0 Å². The van der Waals surface area contributed by atoms with Crippen molar-refractivity contribution < 1.29 is 14.6 Å². The van der Waals surface area contributed by atoms with Gasteiger partial charge in [-0.25, -0.2) is 0 Å². The first-order valence-electron chi connectivity index (χ1n) is 14.5. The van der Waals surface area contributed by atoms with E-state index in [4.69, 9.17) is 4.74 Å². The van der Waals surface area contributed by atoms with Crippen molar-refractivity contribution in [1.82, 2.24) is 14.7 Å². The molecule has 1 spiro atoms. The molecule has 2 aliphatic heterocycles. The van der Waals surface area contributed by atoms with Gasteiger partial charge in [-0.1, -0.05) is 24.1 Å². The first-order valence-corrected chi connectivity index (χ1v) is 14.5. The van der Waals surface area contributed by atoms with Gasteiger partial charge in [-0.2, -0.15) is 0 Å². The Morgan fingerprint density at radius 2 is 1.97 bits per heavy atom. The number of carbonyl (C=O) groups excluding carboxylic acids is 1. The number of aromatic hydroxyl groups is 1. The zero-order valence-electron chi connectivity index (χ0n) is 23.5. The van der Waals surface area contributed by atoms with E-state index in [1.54, 1.807) is 0 Å². The van der Waals surface area contributed by atoms with Crippen LogP contribution in [0.4, 0.5) is 0 Å². The molecule has 0 unspecified atom stereocenters. The minimum absolute atomic E-state index is 0.120. The largest absolute Gasteiger partial charge is 0.504 e. The Hall–Kier alpha value is -3.01. The summed E-state index contributed by atoms with van der Waals surface area (Å²) in [4.78, 5) is 20.6. The highest BCUT2D eigenvalue weighted by atomic mass is 16.5. The number of carbonyl (C=O) groups is 1. The number of hydrogen-bond acceptors (Lipinski definition) is 5. The van der Waals surface area contributed by atoms with Gasteiger partial charge >= 0.3 is 0 Å². The fourth-order valence-electron chi connectivity index (χ4n) is 8.86. The lowest BCUT2D eigenvalue weighted by Crippen LogP contribution is -2.82. The minimum atomic E-state index is -0.287. The summed E-state index contributed by atoms with van der Waals surface area (Å²) in [6.45, 7) is 4.24. The summed E-state index contributed by atoms with van der Waals surface area (Å²) >= 11 is 0. The fraction of sp³-hybridized carbons (Fsp3) is 0.545. The number of amides is 1. The van der Waals surface area contributed by atoms with E-state index in [1.807, 2.05) is 49.2 Å². The van der Waals surface area contributed by atoms with Gasteiger partial charge in [0.1, 0.15) is 6.10 Å². The summed E-state index contributed by atoms with van der Waals surface area (Å²) in [5.41, 5.74) is 4.08. The van der Waals surface area contributed by atoms with Crippen molar-refractivity contribution in [2.75, 3.05) is 34.2 Å². The molecular weight excluding hydrogens is 486 g/mol. The number of benzene rings is 2. The Morgan fingerprint density at radius 3 is 2.72 bits per heavy atom. The Labute approximate surface area is 231 Å². The molecule has 5 aliphatic rings. The molecule has 7 rings (SSSR count). The number of hydrogen-bond donors (Lipinski definition) is 1. The van der Waals surface area contributed by atoms with Crippen LogP contribution in [0.1, 0.15) is 54.4 Å². The van der Waals surface area contributed by atoms with E-state index in [2.05, 4.69) is 41.8 Å². The van der Waals surface area contributed by atoms with Crippen molar-refractivity contribution in [3.63, 3.8) is 0 Å². The molecule has 1 saturated heterocycles. The van der Waals surface area contributed by atoms with Gasteiger partial charge in [0.05, 0.1) is 11.5 Å². The number of ether oxygens (including phenoxy) is 1. The van der Waals surface area contributed by atoms with E-state index >= 15 is 0 Å². The predicted octanol–water partition coefficient (Wildman–Crippen LogP) is 3.71. The molecule has 2 saturated carbocycles. The highest BCUT2D eigenvalue weighted by Crippen LogP contribution is 2.67. The van der Waals surface area contributed by atoms with Gasteiger partial charge in [-0.15, -0.1) is 0 Å². The van der Waals surface area contributed by atoms with E-state index in [1.165, 1.54) is 30.5 Å². The van der Waals surface area contributed by atoms with Gasteiger partial charge in [-0.3, -0.25) is 9.69 Å². The third kappa shape index (κ3) is 3.45. The molecule has 5 atom stereocenters. The van der Waals surface area contributed by atoms with Gasteiger partial charge in [0.15, 0.2) is 11.5 Å². The molecule has 2 aromatic carbocycles. The predicted molar refractivity (Wildman–Crippen MR) is 151 cm³/mol. The van der Waals surface area contributed by atoms with Crippen LogP contribution in [0.2, 0.25) is 0 Å². The molecule has 0 aromatic heterocycles. The van der Waals surface area contributed by atoms with E-state index in [0.29, 0.717) is 11.8 Å². The van der Waals surface area contributed by atoms with Crippen LogP contribution in [-0.4, -0.2) is 83.7 Å². The Morgan fingerprint density at radius 1 is 1.15 bits per heavy atom. The molecule has 1 amide bonds. The maximum Gasteiger partial charge on any atom is 0.298 e. The standard InChI is InChI=1S/C33H39N3O3/c1-21-6-5-7-22(18-21)10-13-28(38)35(4)25-14-15-33(34(2)3)27-19-24-11-12-26(37)30-29(24)32(33,31(25)39-30)16-17-36(27)20-23-8-9-23/h5-7,11-12,18,23,25,27,31,37H,8-9,14-17,19-20H2,1-4H3/t25-,27+,31-,32-,33+/m0/s1. The van der Waals surface area contributed by atoms with E-state index < -0.39 is 0 Å². The molecule has 204 valence electrons. The van der Waals surface area contributed by atoms with Crippen LogP contribution in [0.5, 0.6) is 11.5 Å². The van der Waals surface area contributed by atoms with Crippen LogP contribution in [0, 0.1) is 24.7 Å². The Balaban J connectivity index is 1.30.